The van der Waals surface area contributed by atoms with Gasteiger partial charge in [-0.2, -0.15) is 0 Å². The Morgan fingerprint density at radius 2 is 2.21 bits per heavy atom. The maximum Gasteiger partial charge on any atom is 0.266 e. The molecular weight excluding hydrogens is 276 g/mol. The first-order chi connectivity index (χ1) is 9.15. The zero-order valence-corrected chi connectivity index (χ0v) is 11.9. The van der Waals surface area contributed by atoms with E-state index in [1.807, 2.05) is 23.6 Å². The minimum atomic E-state index is -0.418. The lowest BCUT2D eigenvalue weighted by molar-refractivity contribution is 0.0993. The topological polar surface area (TPSA) is 58.9 Å². The molecule has 96 valence electrons. The van der Waals surface area contributed by atoms with Gasteiger partial charge in [-0.3, -0.25) is 4.79 Å². The van der Waals surface area contributed by atoms with Gasteiger partial charge in [0.2, 0.25) is 0 Å². The van der Waals surface area contributed by atoms with Crippen molar-refractivity contribution in [2.24, 2.45) is 5.73 Å². The van der Waals surface area contributed by atoms with Crippen molar-refractivity contribution in [1.29, 1.82) is 0 Å². The second-order valence-corrected chi connectivity index (χ2v) is 6.28. The fourth-order valence-electron chi connectivity index (χ4n) is 1.97. The molecule has 3 rings (SSSR count). The lowest BCUT2D eigenvalue weighted by Gasteiger charge is -2.03. The molecule has 2 heterocycles. The Labute approximate surface area is 118 Å². The zero-order chi connectivity index (χ0) is 13.4. The summed E-state index contributed by atoms with van der Waals surface area (Å²) < 4.78 is 0. The predicted octanol–water partition coefficient (Wildman–Crippen LogP) is 3.79. The van der Waals surface area contributed by atoms with Crippen LogP contribution in [0.2, 0.25) is 0 Å². The van der Waals surface area contributed by atoms with Crippen LogP contribution >= 0.6 is 23.1 Å². The van der Waals surface area contributed by atoms with Gasteiger partial charge in [-0.1, -0.05) is 29.5 Å². The number of nitrogens with one attached hydrogen (secondary N) is 1. The Bertz CT molecular complexity index is 758. The number of carbonyl (C=O) groups is 1. The van der Waals surface area contributed by atoms with Crippen LogP contribution in [0.1, 0.15) is 16.1 Å². The van der Waals surface area contributed by atoms with E-state index >= 15 is 0 Å². The van der Waals surface area contributed by atoms with E-state index in [4.69, 9.17) is 5.73 Å². The van der Waals surface area contributed by atoms with E-state index in [0.717, 1.165) is 20.0 Å². The first-order valence-corrected chi connectivity index (χ1v) is 7.48. The van der Waals surface area contributed by atoms with Crippen LogP contribution in [0, 0.1) is 6.92 Å². The molecule has 0 atom stereocenters. The maximum absolute atomic E-state index is 11.5. The van der Waals surface area contributed by atoms with Gasteiger partial charge in [0.05, 0.1) is 4.90 Å². The Kier molecular flexibility index (Phi) is 3.08. The van der Waals surface area contributed by atoms with Crippen LogP contribution in [0.25, 0.3) is 10.2 Å². The number of aromatic nitrogens is 1. The number of primary amides is 1. The minimum absolute atomic E-state index is 0.418. The number of thiophene rings is 1. The highest BCUT2D eigenvalue weighted by Gasteiger charge is 2.17. The summed E-state index contributed by atoms with van der Waals surface area (Å²) >= 11 is 3.15. The molecule has 0 aliphatic carbocycles. The second-order valence-electron chi connectivity index (χ2n) is 4.28. The van der Waals surface area contributed by atoms with Crippen LogP contribution in [-0.2, 0) is 0 Å². The number of aryl methyl sites for hydroxylation is 1. The molecule has 2 aromatic heterocycles. The van der Waals surface area contributed by atoms with Gasteiger partial charge in [-0.25, -0.2) is 0 Å². The molecule has 0 spiro atoms. The Morgan fingerprint density at radius 1 is 1.37 bits per heavy atom. The fraction of sp³-hybridized carbons (Fsp3) is 0.0714. The fourth-order valence-corrected chi connectivity index (χ4v) is 3.99. The number of carbonyl (C=O) groups excluding carboxylic acids is 1. The minimum Gasteiger partial charge on any atom is -0.364 e. The van der Waals surface area contributed by atoms with Gasteiger partial charge in [0.25, 0.3) is 5.91 Å². The van der Waals surface area contributed by atoms with E-state index in [9.17, 15) is 4.79 Å². The summed E-state index contributed by atoms with van der Waals surface area (Å²) in [6, 6.07) is 10.2. The van der Waals surface area contributed by atoms with Gasteiger partial charge in [0.1, 0.15) is 10.5 Å². The van der Waals surface area contributed by atoms with Gasteiger partial charge in [0, 0.05) is 10.3 Å². The van der Waals surface area contributed by atoms with Crippen molar-refractivity contribution >= 4 is 39.2 Å². The standard InChI is InChI=1S/C14H12N2OS2/c1-8-3-2-4-9(7-8)19-12-10-5-6-18-14(10)16-11(12)13(15)17/h2-7,16H,1H3,(H2,15,17). The van der Waals surface area contributed by atoms with Crippen LogP contribution in [0.15, 0.2) is 45.5 Å². The molecule has 0 saturated carbocycles. The van der Waals surface area contributed by atoms with E-state index in [-0.39, 0.29) is 0 Å². The molecule has 0 saturated heterocycles. The summed E-state index contributed by atoms with van der Waals surface area (Å²) in [5, 5.41) is 3.07. The number of aromatic amines is 1. The van der Waals surface area contributed by atoms with Crippen molar-refractivity contribution in [2.75, 3.05) is 0 Å². The molecule has 0 aliphatic heterocycles. The molecular formula is C14H12N2OS2. The van der Waals surface area contributed by atoms with Gasteiger partial charge in [-0.05, 0) is 30.5 Å². The van der Waals surface area contributed by atoms with Crippen LogP contribution in [0.4, 0.5) is 0 Å². The molecule has 0 unspecified atom stereocenters. The summed E-state index contributed by atoms with van der Waals surface area (Å²) in [5.41, 5.74) is 7.13. The number of nitrogens with two attached hydrogens (primary N) is 1. The number of benzene rings is 1. The van der Waals surface area contributed by atoms with Crippen LogP contribution < -0.4 is 5.73 Å². The average molecular weight is 288 g/mol. The first-order valence-electron chi connectivity index (χ1n) is 5.78. The molecule has 0 aliphatic rings. The third kappa shape index (κ3) is 2.27. The van der Waals surface area contributed by atoms with Crippen molar-refractivity contribution in [3.05, 3.63) is 47.0 Å². The lowest BCUT2D eigenvalue weighted by Crippen LogP contribution is -2.12. The van der Waals surface area contributed by atoms with Gasteiger partial charge in [-0.15, -0.1) is 11.3 Å². The van der Waals surface area contributed by atoms with Crippen LogP contribution in [0.3, 0.4) is 0 Å². The summed E-state index contributed by atoms with van der Waals surface area (Å²) in [7, 11) is 0. The predicted molar refractivity (Wildman–Crippen MR) is 80.0 cm³/mol. The van der Waals surface area contributed by atoms with Crippen LogP contribution in [-0.4, -0.2) is 10.9 Å². The monoisotopic (exact) mass is 288 g/mol. The molecule has 19 heavy (non-hydrogen) atoms. The van der Waals surface area contributed by atoms with Crippen molar-refractivity contribution in [1.82, 2.24) is 4.98 Å². The molecule has 3 N–H and O–H groups in total. The van der Waals surface area contributed by atoms with E-state index in [1.165, 1.54) is 5.56 Å². The highest BCUT2D eigenvalue weighted by molar-refractivity contribution is 7.99. The van der Waals surface area contributed by atoms with Crippen molar-refractivity contribution < 1.29 is 4.79 Å². The third-order valence-corrected chi connectivity index (χ3v) is 4.78. The lowest BCUT2D eigenvalue weighted by atomic mass is 10.2. The summed E-state index contributed by atoms with van der Waals surface area (Å²) in [6.07, 6.45) is 0. The number of H-pyrrole nitrogens is 1. The molecule has 3 aromatic rings. The van der Waals surface area contributed by atoms with Crippen LogP contribution in [0.5, 0.6) is 0 Å². The molecule has 5 heteroatoms. The third-order valence-electron chi connectivity index (χ3n) is 2.83. The first kappa shape index (κ1) is 12.3. The smallest absolute Gasteiger partial charge is 0.266 e. The quantitative estimate of drug-likeness (QED) is 0.770. The SMILES string of the molecule is Cc1cccc(Sc2c(C(N)=O)[nH]c3sccc23)c1. The summed E-state index contributed by atoms with van der Waals surface area (Å²) in [4.78, 5) is 17.6. The molecule has 0 radical (unpaired) electrons. The molecule has 0 fully saturated rings. The average Bonchev–Trinajstić information content (AvgIpc) is 2.92. The Hall–Kier alpha value is -1.72. The van der Waals surface area contributed by atoms with Crippen molar-refractivity contribution in [2.45, 2.75) is 16.7 Å². The van der Waals surface area contributed by atoms with Gasteiger partial charge >= 0.3 is 0 Å². The number of fused-ring (bicyclic) bond motifs is 1. The highest BCUT2D eigenvalue weighted by Crippen LogP contribution is 2.38. The molecule has 3 nitrogen and oxygen atoms in total. The highest BCUT2D eigenvalue weighted by atomic mass is 32.2. The largest absolute Gasteiger partial charge is 0.364 e. The molecule has 1 aromatic carbocycles. The second kappa shape index (κ2) is 4.75. The molecule has 1 amide bonds. The van der Waals surface area contributed by atoms with E-state index in [0.29, 0.717) is 5.69 Å². The summed E-state index contributed by atoms with van der Waals surface area (Å²) in [6.45, 7) is 2.05. The van der Waals surface area contributed by atoms with Gasteiger partial charge in [0.15, 0.2) is 0 Å². The number of rotatable bonds is 3. The number of amides is 1. The normalized spacial score (nSPS) is 11.0. The van der Waals surface area contributed by atoms with E-state index in [2.05, 4.69) is 24.0 Å². The van der Waals surface area contributed by atoms with E-state index in [1.54, 1.807) is 23.1 Å². The zero-order valence-electron chi connectivity index (χ0n) is 10.3. The van der Waals surface area contributed by atoms with Crippen molar-refractivity contribution in [3.8, 4) is 0 Å². The Balaban J connectivity index is 2.10. The molecule has 0 bridgehead atoms. The number of hydrogen-bond acceptors (Lipinski definition) is 3. The number of hydrogen-bond donors (Lipinski definition) is 2. The maximum atomic E-state index is 11.5. The Morgan fingerprint density at radius 3 is 2.95 bits per heavy atom. The van der Waals surface area contributed by atoms with Crippen molar-refractivity contribution in [3.63, 3.8) is 0 Å². The van der Waals surface area contributed by atoms with Gasteiger partial charge < -0.3 is 10.7 Å². The summed E-state index contributed by atoms with van der Waals surface area (Å²) in [5.74, 6) is -0.418. The van der Waals surface area contributed by atoms with E-state index < -0.39 is 5.91 Å².